The Morgan fingerprint density at radius 2 is 1.36 bits per heavy atom. The van der Waals surface area contributed by atoms with Gasteiger partial charge in [-0.25, -0.2) is 21.6 Å². The maximum atomic E-state index is 12.5. The van der Waals surface area contributed by atoms with Gasteiger partial charge >= 0.3 is 0 Å². The van der Waals surface area contributed by atoms with Gasteiger partial charge in [-0.05, 0) is 76.2 Å². The Morgan fingerprint density at radius 3 is 1.94 bits per heavy atom. The van der Waals surface area contributed by atoms with Crippen molar-refractivity contribution in [3.05, 3.63) is 72.0 Å². The third-order valence-corrected chi connectivity index (χ3v) is 7.26. The van der Waals surface area contributed by atoms with Gasteiger partial charge in [-0.1, -0.05) is 17.7 Å². The van der Waals surface area contributed by atoms with Crippen LogP contribution in [0.3, 0.4) is 0 Å². The lowest BCUT2D eigenvalue weighted by atomic mass is 10.1. The summed E-state index contributed by atoms with van der Waals surface area (Å²) in [6.45, 7) is 6.92. The van der Waals surface area contributed by atoms with Crippen LogP contribution in [0.2, 0.25) is 0 Å². The number of anilines is 2. The van der Waals surface area contributed by atoms with Crippen molar-refractivity contribution < 1.29 is 26.0 Å². The van der Waals surface area contributed by atoms with Gasteiger partial charge in [0.1, 0.15) is 0 Å². The molecule has 3 aromatic rings. The fourth-order valence-corrected chi connectivity index (χ4v) is 5.20. The quantitative estimate of drug-likeness (QED) is 0.461. The maximum absolute atomic E-state index is 12.5. The van der Waals surface area contributed by atoms with Gasteiger partial charge in [-0.3, -0.25) is 9.52 Å². The third-order valence-electron chi connectivity index (χ3n) is 4.24. The van der Waals surface area contributed by atoms with Gasteiger partial charge in [0.15, 0.2) is 5.76 Å². The van der Waals surface area contributed by atoms with Gasteiger partial charge < -0.3 is 9.73 Å². The molecule has 11 heteroatoms. The summed E-state index contributed by atoms with van der Waals surface area (Å²) in [6.07, 6.45) is 0. The van der Waals surface area contributed by atoms with E-state index in [1.165, 1.54) is 48.5 Å². The molecule has 3 N–H and O–H groups in total. The molecule has 0 aliphatic heterocycles. The van der Waals surface area contributed by atoms with Crippen LogP contribution >= 0.6 is 0 Å². The van der Waals surface area contributed by atoms with Crippen LogP contribution in [0.1, 0.15) is 36.9 Å². The Kier molecular flexibility index (Phi) is 6.68. The fourth-order valence-electron chi connectivity index (χ4n) is 2.79. The lowest BCUT2D eigenvalue weighted by molar-refractivity contribution is 0.0991. The molecule has 0 saturated carbocycles. The van der Waals surface area contributed by atoms with E-state index in [-0.39, 0.29) is 15.7 Å². The summed E-state index contributed by atoms with van der Waals surface area (Å²) < 4.78 is 59.7. The molecule has 1 aromatic heterocycles. The summed E-state index contributed by atoms with van der Waals surface area (Å²) in [5.74, 6) is -0.839. The van der Waals surface area contributed by atoms with Gasteiger partial charge in [0, 0.05) is 16.9 Å². The van der Waals surface area contributed by atoms with Crippen molar-refractivity contribution in [1.82, 2.24) is 4.72 Å². The highest BCUT2D eigenvalue weighted by Crippen LogP contribution is 2.21. The fraction of sp³-hybridized carbons (Fsp3) is 0.227. The van der Waals surface area contributed by atoms with E-state index in [1.54, 1.807) is 32.9 Å². The first-order chi connectivity index (χ1) is 15.2. The molecule has 176 valence electrons. The second-order valence-corrected chi connectivity index (χ2v) is 11.7. The minimum Gasteiger partial charge on any atom is -0.438 e. The molecule has 0 aliphatic rings. The van der Waals surface area contributed by atoms with Crippen molar-refractivity contribution in [1.29, 1.82) is 0 Å². The van der Waals surface area contributed by atoms with Crippen molar-refractivity contribution in [2.75, 3.05) is 10.0 Å². The molecular formula is C22H25N3O6S2. The normalized spacial score (nSPS) is 12.4. The number of carbonyl (C=O) groups is 1. The molecule has 2 aromatic carbocycles. The molecule has 0 bridgehead atoms. The van der Waals surface area contributed by atoms with E-state index in [2.05, 4.69) is 14.8 Å². The lowest BCUT2D eigenvalue weighted by Gasteiger charge is -2.18. The zero-order chi connectivity index (χ0) is 24.4. The molecule has 0 atom stereocenters. The Morgan fingerprint density at radius 1 is 0.788 bits per heavy atom. The third kappa shape index (κ3) is 6.44. The van der Waals surface area contributed by atoms with Crippen LogP contribution in [0.15, 0.2) is 75.1 Å². The van der Waals surface area contributed by atoms with E-state index < -0.39 is 31.5 Å². The summed E-state index contributed by atoms with van der Waals surface area (Å²) in [5.41, 5.74) is 0.914. The number of amides is 1. The lowest BCUT2D eigenvalue weighted by Crippen LogP contribution is -2.40. The predicted molar refractivity (Wildman–Crippen MR) is 125 cm³/mol. The van der Waals surface area contributed by atoms with Gasteiger partial charge in [0.25, 0.3) is 26.0 Å². The zero-order valence-corrected chi connectivity index (χ0v) is 20.2. The summed E-state index contributed by atoms with van der Waals surface area (Å²) >= 11 is 0. The molecular weight excluding hydrogens is 466 g/mol. The number of benzene rings is 2. The van der Waals surface area contributed by atoms with Gasteiger partial charge in [0.2, 0.25) is 5.09 Å². The molecule has 3 rings (SSSR count). The van der Waals surface area contributed by atoms with Crippen molar-refractivity contribution in [2.45, 2.75) is 43.2 Å². The predicted octanol–water partition coefficient (Wildman–Crippen LogP) is 3.72. The highest BCUT2D eigenvalue weighted by Gasteiger charge is 2.26. The average Bonchev–Trinajstić information content (AvgIpc) is 3.19. The van der Waals surface area contributed by atoms with Gasteiger partial charge in [0.05, 0.1) is 4.90 Å². The molecule has 1 amide bonds. The molecule has 0 aliphatic carbocycles. The van der Waals surface area contributed by atoms with Crippen molar-refractivity contribution in [3.8, 4) is 0 Å². The standard InChI is InChI=1S/C22H25N3O6S2/c1-15-5-11-18(12-6-15)32(27,28)24-17-9-7-16(8-10-17)23-21(26)19-13-14-20(31-19)33(29,30)25-22(2,3)4/h5-14,24-25H,1-4H3,(H,23,26). The highest BCUT2D eigenvalue weighted by atomic mass is 32.2. The van der Waals surface area contributed by atoms with Crippen molar-refractivity contribution in [2.24, 2.45) is 0 Å². The molecule has 0 spiro atoms. The molecule has 9 nitrogen and oxygen atoms in total. The number of hydrogen-bond acceptors (Lipinski definition) is 6. The number of furan rings is 1. The highest BCUT2D eigenvalue weighted by molar-refractivity contribution is 7.92. The van der Waals surface area contributed by atoms with E-state index >= 15 is 0 Å². The summed E-state index contributed by atoms with van der Waals surface area (Å²) in [7, 11) is -7.66. The molecule has 33 heavy (non-hydrogen) atoms. The molecule has 0 radical (unpaired) electrons. The van der Waals surface area contributed by atoms with Crippen molar-refractivity contribution >= 4 is 37.3 Å². The number of sulfonamides is 2. The molecule has 1 heterocycles. The van der Waals surface area contributed by atoms with E-state index in [0.29, 0.717) is 11.4 Å². The summed E-state index contributed by atoms with van der Waals surface area (Å²) in [4.78, 5) is 12.6. The smallest absolute Gasteiger partial charge is 0.291 e. The number of nitrogens with one attached hydrogen (secondary N) is 3. The number of carbonyl (C=O) groups excluding carboxylic acids is 1. The molecule has 0 fully saturated rings. The second kappa shape index (κ2) is 9.00. The van der Waals surface area contributed by atoms with Crippen LogP contribution in [-0.2, 0) is 20.0 Å². The average molecular weight is 492 g/mol. The monoisotopic (exact) mass is 491 g/mol. The van der Waals surface area contributed by atoms with Crippen LogP contribution in [-0.4, -0.2) is 28.3 Å². The molecule has 0 unspecified atom stereocenters. The van der Waals surface area contributed by atoms with Crippen LogP contribution < -0.4 is 14.8 Å². The Labute approximate surface area is 193 Å². The van der Waals surface area contributed by atoms with E-state index in [0.717, 1.165) is 5.56 Å². The Bertz CT molecular complexity index is 1350. The van der Waals surface area contributed by atoms with Crippen LogP contribution in [0, 0.1) is 6.92 Å². The van der Waals surface area contributed by atoms with Crippen molar-refractivity contribution in [3.63, 3.8) is 0 Å². The van der Waals surface area contributed by atoms with E-state index in [9.17, 15) is 21.6 Å². The van der Waals surface area contributed by atoms with E-state index in [4.69, 9.17) is 4.42 Å². The second-order valence-electron chi connectivity index (χ2n) is 8.42. The first-order valence-corrected chi connectivity index (χ1v) is 12.9. The maximum Gasteiger partial charge on any atom is 0.291 e. The number of aryl methyl sites for hydroxylation is 1. The van der Waals surface area contributed by atoms with Crippen LogP contribution in [0.5, 0.6) is 0 Å². The van der Waals surface area contributed by atoms with Crippen LogP contribution in [0.25, 0.3) is 0 Å². The number of hydrogen-bond donors (Lipinski definition) is 3. The Hall–Kier alpha value is -3.15. The van der Waals surface area contributed by atoms with E-state index in [1.807, 2.05) is 6.92 Å². The van der Waals surface area contributed by atoms with Crippen LogP contribution in [0.4, 0.5) is 11.4 Å². The summed E-state index contributed by atoms with van der Waals surface area (Å²) in [6, 6.07) is 14.9. The first kappa shape index (κ1) is 24.5. The number of rotatable bonds is 7. The summed E-state index contributed by atoms with van der Waals surface area (Å²) in [5, 5.41) is 2.20. The Balaban J connectivity index is 1.67. The topological polar surface area (TPSA) is 135 Å². The first-order valence-electron chi connectivity index (χ1n) is 9.90. The zero-order valence-electron chi connectivity index (χ0n) is 18.5. The van der Waals surface area contributed by atoms with Gasteiger partial charge in [-0.15, -0.1) is 0 Å². The largest absolute Gasteiger partial charge is 0.438 e. The molecule has 0 saturated heterocycles. The minimum absolute atomic E-state index is 0.134. The minimum atomic E-state index is -3.91. The SMILES string of the molecule is Cc1ccc(S(=O)(=O)Nc2ccc(NC(=O)c3ccc(S(=O)(=O)NC(C)(C)C)o3)cc2)cc1. The van der Waals surface area contributed by atoms with Gasteiger partial charge in [-0.2, -0.15) is 0 Å².